The lowest BCUT2D eigenvalue weighted by Crippen LogP contribution is -2.25. The fourth-order valence-corrected chi connectivity index (χ4v) is 2.51. The summed E-state index contributed by atoms with van der Waals surface area (Å²) in [6.45, 7) is 2.36. The Hall–Kier alpha value is -2.95. The number of halogens is 1. The first-order chi connectivity index (χ1) is 11.6. The van der Waals surface area contributed by atoms with E-state index in [2.05, 4.69) is 10.4 Å². The van der Waals surface area contributed by atoms with E-state index in [1.165, 1.54) is 6.07 Å². The molecule has 0 aliphatic carbocycles. The van der Waals surface area contributed by atoms with Gasteiger partial charge in [-0.3, -0.25) is 4.79 Å². The number of nitrogens with zero attached hydrogens (tertiary/aromatic N) is 2. The highest BCUT2D eigenvalue weighted by Gasteiger charge is 2.07. The molecule has 4 nitrogen and oxygen atoms in total. The van der Waals surface area contributed by atoms with Crippen molar-refractivity contribution in [3.8, 4) is 5.69 Å². The molecule has 0 spiro atoms. The van der Waals surface area contributed by atoms with Crippen LogP contribution in [0.3, 0.4) is 0 Å². The molecule has 24 heavy (non-hydrogen) atoms. The minimum atomic E-state index is -0.245. The van der Waals surface area contributed by atoms with Crippen LogP contribution in [0.4, 0.5) is 4.39 Å². The third-order valence-corrected chi connectivity index (χ3v) is 3.84. The van der Waals surface area contributed by atoms with Crippen LogP contribution >= 0.6 is 0 Å². The first-order valence-corrected chi connectivity index (χ1v) is 7.78. The summed E-state index contributed by atoms with van der Waals surface area (Å²) in [4.78, 5) is 12.2. The van der Waals surface area contributed by atoms with Gasteiger partial charge in [0.1, 0.15) is 5.82 Å². The summed E-state index contributed by atoms with van der Waals surface area (Å²) in [6, 6.07) is 15.7. The normalized spacial score (nSPS) is 10.6. The maximum Gasteiger partial charge on any atom is 0.251 e. The van der Waals surface area contributed by atoms with Crippen molar-refractivity contribution in [2.45, 2.75) is 13.3 Å². The van der Waals surface area contributed by atoms with E-state index in [4.69, 9.17) is 0 Å². The molecule has 0 bridgehead atoms. The molecule has 0 fully saturated rings. The van der Waals surface area contributed by atoms with Crippen LogP contribution in [0.5, 0.6) is 0 Å². The van der Waals surface area contributed by atoms with Gasteiger partial charge in [-0.2, -0.15) is 5.10 Å². The quantitative estimate of drug-likeness (QED) is 0.783. The zero-order valence-corrected chi connectivity index (χ0v) is 13.4. The molecular formula is C19H18FN3O. The first-order valence-electron chi connectivity index (χ1n) is 7.78. The van der Waals surface area contributed by atoms with Crippen LogP contribution in [0.2, 0.25) is 0 Å². The SMILES string of the molecule is Cc1ccnn1-c1ccc(C(=O)NCCc2ccccc2F)cc1. The van der Waals surface area contributed by atoms with E-state index in [0.717, 1.165) is 11.4 Å². The van der Waals surface area contributed by atoms with E-state index >= 15 is 0 Å². The van der Waals surface area contributed by atoms with Crippen LogP contribution in [0.15, 0.2) is 60.8 Å². The Labute approximate surface area is 139 Å². The smallest absolute Gasteiger partial charge is 0.251 e. The van der Waals surface area contributed by atoms with Crippen LogP contribution in [0.1, 0.15) is 21.6 Å². The molecule has 0 atom stereocenters. The molecule has 1 heterocycles. The second-order valence-electron chi connectivity index (χ2n) is 5.53. The molecule has 0 radical (unpaired) electrons. The molecule has 1 N–H and O–H groups in total. The number of amides is 1. The lowest BCUT2D eigenvalue weighted by molar-refractivity contribution is 0.0954. The van der Waals surface area contributed by atoms with Gasteiger partial charge in [0.25, 0.3) is 5.91 Å². The molecule has 1 aromatic heterocycles. The van der Waals surface area contributed by atoms with E-state index in [1.807, 2.05) is 25.1 Å². The lowest BCUT2D eigenvalue weighted by atomic mass is 10.1. The predicted octanol–water partition coefficient (Wildman–Crippen LogP) is 3.29. The van der Waals surface area contributed by atoms with Crippen molar-refractivity contribution in [1.82, 2.24) is 15.1 Å². The molecular weight excluding hydrogens is 305 g/mol. The summed E-state index contributed by atoms with van der Waals surface area (Å²) in [5.41, 5.74) is 3.09. The Morgan fingerprint density at radius 1 is 1.12 bits per heavy atom. The Kier molecular flexibility index (Phi) is 4.70. The van der Waals surface area contributed by atoms with Gasteiger partial charge in [0.15, 0.2) is 0 Å². The average Bonchev–Trinajstić information content (AvgIpc) is 3.03. The third kappa shape index (κ3) is 3.51. The minimum Gasteiger partial charge on any atom is -0.352 e. The Morgan fingerprint density at radius 2 is 1.88 bits per heavy atom. The number of carbonyl (C=O) groups excluding carboxylic acids is 1. The maximum atomic E-state index is 13.5. The van der Waals surface area contributed by atoms with Gasteiger partial charge in [-0.25, -0.2) is 9.07 Å². The van der Waals surface area contributed by atoms with E-state index in [1.54, 1.807) is 41.2 Å². The molecule has 2 aromatic carbocycles. The number of hydrogen-bond acceptors (Lipinski definition) is 2. The number of carbonyl (C=O) groups is 1. The summed E-state index contributed by atoms with van der Waals surface area (Å²) in [5, 5.41) is 7.04. The van der Waals surface area contributed by atoms with Crippen molar-refractivity contribution in [2.24, 2.45) is 0 Å². The molecule has 122 valence electrons. The predicted molar refractivity (Wildman–Crippen MR) is 90.7 cm³/mol. The van der Waals surface area contributed by atoms with Gasteiger partial charge >= 0.3 is 0 Å². The average molecular weight is 323 g/mol. The summed E-state index contributed by atoms with van der Waals surface area (Å²) in [7, 11) is 0. The Balaban J connectivity index is 1.59. The van der Waals surface area contributed by atoms with Crippen molar-refractivity contribution in [2.75, 3.05) is 6.54 Å². The molecule has 0 aliphatic rings. The van der Waals surface area contributed by atoms with Gasteiger partial charge in [-0.05, 0) is 55.3 Å². The van der Waals surface area contributed by atoms with Crippen molar-refractivity contribution in [3.63, 3.8) is 0 Å². The highest BCUT2D eigenvalue weighted by Crippen LogP contribution is 2.11. The van der Waals surface area contributed by atoms with E-state index in [-0.39, 0.29) is 11.7 Å². The topological polar surface area (TPSA) is 46.9 Å². The fourth-order valence-electron chi connectivity index (χ4n) is 2.51. The number of aromatic nitrogens is 2. The maximum absolute atomic E-state index is 13.5. The molecule has 3 aromatic rings. The first kappa shape index (κ1) is 15.9. The van der Waals surface area contributed by atoms with Crippen molar-refractivity contribution in [1.29, 1.82) is 0 Å². The third-order valence-electron chi connectivity index (χ3n) is 3.84. The largest absolute Gasteiger partial charge is 0.352 e. The molecule has 1 amide bonds. The molecule has 5 heteroatoms. The minimum absolute atomic E-state index is 0.171. The highest BCUT2D eigenvalue weighted by molar-refractivity contribution is 5.94. The summed E-state index contributed by atoms with van der Waals surface area (Å²) in [5.74, 6) is -0.416. The monoisotopic (exact) mass is 323 g/mol. The lowest BCUT2D eigenvalue weighted by Gasteiger charge is -2.08. The van der Waals surface area contributed by atoms with Gasteiger partial charge in [-0.15, -0.1) is 0 Å². The highest BCUT2D eigenvalue weighted by atomic mass is 19.1. The summed E-state index contributed by atoms with van der Waals surface area (Å²) < 4.78 is 15.3. The van der Waals surface area contributed by atoms with Crippen LogP contribution in [-0.4, -0.2) is 22.2 Å². The number of benzene rings is 2. The van der Waals surface area contributed by atoms with Gasteiger partial charge in [0.05, 0.1) is 5.69 Å². The molecule has 0 saturated carbocycles. The number of rotatable bonds is 5. The van der Waals surface area contributed by atoms with Crippen LogP contribution in [0.25, 0.3) is 5.69 Å². The second kappa shape index (κ2) is 7.08. The standard InChI is InChI=1S/C19H18FN3O/c1-14-10-13-22-23(14)17-8-6-16(7-9-17)19(24)21-12-11-15-4-2-3-5-18(15)20/h2-10,13H,11-12H2,1H3,(H,21,24). The molecule has 0 aliphatic heterocycles. The molecule has 0 saturated heterocycles. The van der Waals surface area contributed by atoms with Crippen molar-refractivity contribution in [3.05, 3.63) is 83.4 Å². The zero-order chi connectivity index (χ0) is 16.9. The molecule has 0 unspecified atom stereocenters. The Morgan fingerprint density at radius 3 is 2.54 bits per heavy atom. The number of nitrogens with one attached hydrogen (secondary N) is 1. The van der Waals surface area contributed by atoms with Gasteiger partial charge in [-0.1, -0.05) is 18.2 Å². The van der Waals surface area contributed by atoms with Crippen molar-refractivity contribution < 1.29 is 9.18 Å². The zero-order valence-electron chi connectivity index (χ0n) is 13.4. The van der Waals surface area contributed by atoms with Gasteiger partial charge in [0, 0.05) is 24.0 Å². The van der Waals surface area contributed by atoms with E-state index < -0.39 is 0 Å². The van der Waals surface area contributed by atoms with Gasteiger partial charge in [0.2, 0.25) is 0 Å². The van der Waals surface area contributed by atoms with Gasteiger partial charge < -0.3 is 5.32 Å². The van der Waals surface area contributed by atoms with Crippen LogP contribution in [0, 0.1) is 12.7 Å². The van der Waals surface area contributed by atoms with Crippen molar-refractivity contribution >= 4 is 5.91 Å². The fraction of sp³-hybridized carbons (Fsp3) is 0.158. The summed E-state index contributed by atoms with van der Waals surface area (Å²) in [6.07, 6.45) is 2.20. The Bertz CT molecular complexity index is 840. The van der Waals surface area contributed by atoms with E-state index in [0.29, 0.717) is 24.1 Å². The summed E-state index contributed by atoms with van der Waals surface area (Å²) >= 11 is 0. The van der Waals surface area contributed by atoms with E-state index in [9.17, 15) is 9.18 Å². The second-order valence-corrected chi connectivity index (χ2v) is 5.53. The number of hydrogen-bond donors (Lipinski definition) is 1. The van der Waals surface area contributed by atoms with Crippen LogP contribution < -0.4 is 5.32 Å². The molecule has 3 rings (SSSR count). The number of aryl methyl sites for hydroxylation is 1. The van der Waals surface area contributed by atoms with Crippen LogP contribution in [-0.2, 0) is 6.42 Å².